The number of nitrogens with one attached hydrogen (secondary N) is 1. The molecule has 0 spiro atoms. The number of aromatic nitrogens is 1. The summed E-state index contributed by atoms with van der Waals surface area (Å²) in [6, 6.07) is 0.813. The number of hydrogen-bond donors (Lipinski definition) is 2. The monoisotopic (exact) mass is 419 g/mol. The van der Waals surface area contributed by atoms with Gasteiger partial charge in [0, 0.05) is 19.6 Å². The van der Waals surface area contributed by atoms with E-state index in [1.807, 2.05) is 4.90 Å². The van der Waals surface area contributed by atoms with Crippen molar-refractivity contribution in [3.05, 3.63) is 32.5 Å². The first kappa shape index (κ1) is 21.9. The largest absolute Gasteiger partial charge is 0.398 e. The Kier molecular flexibility index (Phi) is 7.56. The third kappa shape index (κ3) is 6.63. The summed E-state index contributed by atoms with van der Waals surface area (Å²) >= 11 is 0. The first-order valence-electron chi connectivity index (χ1n) is 8.60. The predicted octanol–water partition coefficient (Wildman–Crippen LogP) is 1.72. The van der Waals surface area contributed by atoms with Crippen LogP contribution in [0.15, 0.2) is 12.3 Å². The standard InChI is InChI=1S/C14H21N5O8S/c20-18(21)11-9-12(19(22)23)14(16-10-11)15-6-4-5-13(27-28(24,25)26)17-7-2-1-3-8-17/h9-10,13H,1-8H2,(H,15,16)(H,24,25,26). The van der Waals surface area contributed by atoms with Crippen molar-refractivity contribution in [2.24, 2.45) is 0 Å². The summed E-state index contributed by atoms with van der Waals surface area (Å²) in [5.41, 5.74) is -1.03. The van der Waals surface area contributed by atoms with E-state index in [2.05, 4.69) is 10.3 Å². The molecule has 0 amide bonds. The van der Waals surface area contributed by atoms with Crippen molar-refractivity contribution in [2.75, 3.05) is 25.0 Å². The van der Waals surface area contributed by atoms with Crippen LogP contribution in [0.4, 0.5) is 17.2 Å². The van der Waals surface area contributed by atoms with Gasteiger partial charge in [0.1, 0.15) is 12.4 Å². The molecule has 13 nitrogen and oxygen atoms in total. The minimum Gasteiger partial charge on any atom is -0.364 e. The molecule has 0 bridgehead atoms. The fourth-order valence-corrected chi connectivity index (χ4v) is 3.44. The van der Waals surface area contributed by atoms with Crippen LogP contribution in [-0.2, 0) is 14.6 Å². The molecule has 0 aromatic carbocycles. The molecule has 28 heavy (non-hydrogen) atoms. The van der Waals surface area contributed by atoms with Crippen LogP contribution in [-0.4, -0.2) is 58.6 Å². The minimum absolute atomic E-state index is 0.124. The maximum Gasteiger partial charge on any atom is 0.398 e. The Balaban J connectivity index is 1.97. The van der Waals surface area contributed by atoms with Gasteiger partial charge in [0.05, 0.1) is 15.9 Å². The Morgan fingerprint density at radius 1 is 1.25 bits per heavy atom. The van der Waals surface area contributed by atoms with Crippen LogP contribution in [0.25, 0.3) is 0 Å². The van der Waals surface area contributed by atoms with E-state index in [-0.39, 0.29) is 18.8 Å². The van der Waals surface area contributed by atoms with E-state index in [0.717, 1.165) is 31.5 Å². The zero-order valence-corrected chi connectivity index (χ0v) is 15.7. The highest BCUT2D eigenvalue weighted by Crippen LogP contribution is 2.26. The summed E-state index contributed by atoms with van der Waals surface area (Å²) in [6.07, 6.45) is 3.49. The molecule has 156 valence electrons. The van der Waals surface area contributed by atoms with E-state index in [4.69, 9.17) is 8.74 Å². The topological polar surface area (TPSA) is 178 Å². The van der Waals surface area contributed by atoms with Crippen LogP contribution in [0.1, 0.15) is 32.1 Å². The van der Waals surface area contributed by atoms with E-state index in [1.54, 1.807) is 0 Å². The average Bonchev–Trinajstić information content (AvgIpc) is 2.63. The van der Waals surface area contributed by atoms with Gasteiger partial charge in [-0.15, -0.1) is 0 Å². The lowest BCUT2D eigenvalue weighted by atomic mass is 10.1. The van der Waals surface area contributed by atoms with Crippen molar-refractivity contribution in [2.45, 2.75) is 38.3 Å². The van der Waals surface area contributed by atoms with Crippen molar-refractivity contribution < 1.29 is 27.0 Å². The number of nitro groups is 2. The third-order valence-electron chi connectivity index (χ3n) is 4.21. The Morgan fingerprint density at radius 2 is 1.93 bits per heavy atom. The van der Waals surface area contributed by atoms with Crippen molar-refractivity contribution in [1.82, 2.24) is 9.88 Å². The van der Waals surface area contributed by atoms with E-state index < -0.39 is 37.8 Å². The van der Waals surface area contributed by atoms with Crippen LogP contribution >= 0.6 is 0 Å². The van der Waals surface area contributed by atoms with Gasteiger partial charge in [0.15, 0.2) is 0 Å². The lowest BCUT2D eigenvalue weighted by molar-refractivity contribution is -0.394. The van der Waals surface area contributed by atoms with Gasteiger partial charge in [0.25, 0.3) is 5.69 Å². The molecule has 2 rings (SSSR count). The normalized spacial score (nSPS) is 16.5. The van der Waals surface area contributed by atoms with E-state index >= 15 is 0 Å². The summed E-state index contributed by atoms with van der Waals surface area (Å²) in [6.45, 7) is 1.47. The van der Waals surface area contributed by atoms with Gasteiger partial charge in [-0.2, -0.15) is 8.42 Å². The Labute approximate surface area is 160 Å². The number of anilines is 1. The van der Waals surface area contributed by atoms with E-state index in [0.29, 0.717) is 19.5 Å². The number of rotatable bonds is 10. The number of pyridine rings is 1. The molecular formula is C14H21N5O8S. The quantitative estimate of drug-likeness (QED) is 0.244. The second kappa shape index (κ2) is 9.68. The second-order valence-electron chi connectivity index (χ2n) is 6.22. The molecule has 2 N–H and O–H groups in total. The SMILES string of the molecule is O=[N+]([O-])c1cnc(NCCCC(OS(=O)(=O)O)N2CCCCC2)c([N+](=O)[O-])c1. The predicted molar refractivity (Wildman–Crippen MR) is 97.1 cm³/mol. The number of nitrogens with zero attached hydrogens (tertiary/aromatic N) is 4. The van der Waals surface area contributed by atoms with Crippen molar-refractivity contribution in [1.29, 1.82) is 0 Å². The second-order valence-corrected chi connectivity index (χ2v) is 7.27. The summed E-state index contributed by atoms with van der Waals surface area (Å²) in [7, 11) is -4.62. The minimum atomic E-state index is -4.62. The highest BCUT2D eigenvalue weighted by molar-refractivity contribution is 7.80. The molecule has 0 aliphatic carbocycles. The third-order valence-corrected chi connectivity index (χ3v) is 4.68. The zero-order valence-electron chi connectivity index (χ0n) is 14.9. The number of likely N-dealkylation sites (tertiary alicyclic amines) is 1. The van der Waals surface area contributed by atoms with Crippen molar-refractivity contribution in [3.63, 3.8) is 0 Å². The Bertz CT molecular complexity index is 812. The van der Waals surface area contributed by atoms with Crippen molar-refractivity contribution >= 4 is 27.6 Å². The molecule has 0 saturated carbocycles. The summed E-state index contributed by atoms with van der Waals surface area (Å²) in [4.78, 5) is 25.8. The maximum atomic E-state index is 11.1. The molecule has 1 unspecified atom stereocenters. The van der Waals surface area contributed by atoms with Gasteiger partial charge >= 0.3 is 16.1 Å². The smallest absolute Gasteiger partial charge is 0.364 e. The highest BCUT2D eigenvalue weighted by Gasteiger charge is 2.26. The molecular weight excluding hydrogens is 398 g/mol. The van der Waals surface area contributed by atoms with E-state index in [1.165, 1.54) is 0 Å². The van der Waals surface area contributed by atoms with Crippen LogP contribution in [0, 0.1) is 20.2 Å². The van der Waals surface area contributed by atoms with Crippen molar-refractivity contribution in [3.8, 4) is 0 Å². The fourth-order valence-electron chi connectivity index (χ4n) is 2.94. The zero-order chi connectivity index (χ0) is 20.7. The summed E-state index contributed by atoms with van der Waals surface area (Å²) in [5.74, 6) is -0.124. The molecule has 1 fully saturated rings. The summed E-state index contributed by atoms with van der Waals surface area (Å²) in [5, 5.41) is 24.5. The van der Waals surface area contributed by atoms with Gasteiger partial charge in [-0.25, -0.2) is 9.17 Å². The molecule has 0 radical (unpaired) electrons. The molecule has 1 saturated heterocycles. The molecule has 1 aromatic rings. The number of hydrogen-bond acceptors (Lipinski definition) is 10. The lowest BCUT2D eigenvalue weighted by Crippen LogP contribution is -2.42. The Hall–Kier alpha value is -2.42. The van der Waals surface area contributed by atoms with Gasteiger partial charge in [-0.1, -0.05) is 6.42 Å². The van der Waals surface area contributed by atoms with Gasteiger partial charge in [-0.3, -0.25) is 29.7 Å². The van der Waals surface area contributed by atoms with Crippen LogP contribution in [0.3, 0.4) is 0 Å². The van der Waals surface area contributed by atoms with Gasteiger partial charge in [-0.05, 0) is 25.7 Å². The molecule has 14 heteroatoms. The Morgan fingerprint density at radius 3 is 2.50 bits per heavy atom. The summed E-state index contributed by atoms with van der Waals surface area (Å²) < 4.78 is 35.9. The van der Waals surface area contributed by atoms with Gasteiger partial charge < -0.3 is 5.32 Å². The molecule has 2 heterocycles. The first-order valence-corrected chi connectivity index (χ1v) is 9.96. The van der Waals surface area contributed by atoms with Gasteiger partial charge in [0.2, 0.25) is 5.82 Å². The van der Waals surface area contributed by atoms with E-state index in [9.17, 15) is 28.6 Å². The molecule has 1 atom stereocenters. The van der Waals surface area contributed by atoms with Crippen LogP contribution < -0.4 is 5.32 Å². The molecule has 1 aromatic heterocycles. The molecule has 1 aliphatic rings. The average molecular weight is 419 g/mol. The first-order chi connectivity index (χ1) is 13.2. The molecule has 1 aliphatic heterocycles. The highest BCUT2D eigenvalue weighted by atomic mass is 32.3. The van der Waals surface area contributed by atoms with Crippen LogP contribution in [0.2, 0.25) is 0 Å². The number of piperidine rings is 1. The lowest BCUT2D eigenvalue weighted by Gasteiger charge is -2.33. The fraction of sp³-hybridized carbons (Fsp3) is 0.643. The maximum absolute atomic E-state index is 11.1. The van der Waals surface area contributed by atoms with Crippen LogP contribution in [0.5, 0.6) is 0 Å².